The lowest BCUT2D eigenvalue weighted by Crippen LogP contribution is -2.45. The number of amides is 3. The Morgan fingerprint density at radius 2 is 1.85 bits per heavy atom. The van der Waals surface area contributed by atoms with Gasteiger partial charge in [-0.3, -0.25) is 9.69 Å². The third-order valence-electron chi connectivity index (χ3n) is 5.45. The predicted octanol–water partition coefficient (Wildman–Crippen LogP) is 0.975. The molecule has 0 unspecified atom stereocenters. The van der Waals surface area contributed by atoms with Crippen LogP contribution in [0.4, 0.5) is 4.79 Å². The van der Waals surface area contributed by atoms with Gasteiger partial charge in [0.1, 0.15) is 0 Å². The van der Waals surface area contributed by atoms with Gasteiger partial charge >= 0.3 is 6.03 Å². The molecule has 0 saturated carbocycles. The molecule has 0 radical (unpaired) electrons. The lowest BCUT2D eigenvalue weighted by atomic mass is 9.95. The maximum Gasteiger partial charge on any atom is 0.322 e. The van der Waals surface area contributed by atoms with Gasteiger partial charge in [0.05, 0.1) is 35.4 Å². The molecule has 26 heavy (non-hydrogen) atoms. The monoisotopic (exact) mass is 375 g/mol. The van der Waals surface area contributed by atoms with Gasteiger partial charge in [-0.2, -0.15) is 0 Å². The number of aryl methyl sites for hydroxylation is 1. The van der Waals surface area contributed by atoms with Crippen LogP contribution >= 0.6 is 0 Å². The Balaban J connectivity index is 1.70. The third kappa shape index (κ3) is 2.68. The lowest BCUT2D eigenvalue weighted by molar-refractivity contribution is -0.127. The number of nitrogens with zero attached hydrogens (tertiary/aromatic N) is 2. The van der Waals surface area contributed by atoms with Crippen LogP contribution in [0.25, 0.3) is 0 Å². The van der Waals surface area contributed by atoms with Crippen LogP contribution in [0.1, 0.15) is 23.6 Å². The summed E-state index contributed by atoms with van der Waals surface area (Å²) in [6.45, 7) is 2.26. The normalized spacial score (nSPS) is 27.8. The Kier molecular flexibility index (Phi) is 3.83. The fraction of sp³-hybridized carbons (Fsp3) is 0.444. The highest BCUT2D eigenvalue weighted by Gasteiger charge is 2.46. The van der Waals surface area contributed by atoms with E-state index in [1.165, 1.54) is 4.90 Å². The summed E-state index contributed by atoms with van der Waals surface area (Å²) < 4.78 is 23.6. The van der Waals surface area contributed by atoms with Gasteiger partial charge in [-0.1, -0.05) is 29.8 Å². The van der Waals surface area contributed by atoms with E-state index in [1.807, 2.05) is 31.2 Å². The Labute approximate surface area is 152 Å². The van der Waals surface area contributed by atoms with Gasteiger partial charge in [0.25, 0.3) is 5.91 Å². The number of carbonyl (C=O) groups is 2. The van der Waals surface area contributed by atoms with Gasteiger partial charge in [0.15, 0.2) is 9.84 Å². The van der Waals surface area contributed by atoms with Crippen molar-refractivity contribution in [2.45, 2.75) is 25.4 Å². The van der Waals surface area contributed by atoms with Crippen LogP contribution in [-0.2, 0) is 14.6 Å². The lowest BCUT2D eigenvalue weighted by Gasteiger charge is -2.31. The minimum absolute atomic E-state index is 0.000409. The molecule has 8 heteroatoms. The van der Waals surface area contributed by atoms with Gasteiger partial charge in [-0.25, -0.2) is 13.2 Å². The number of hydrogen-bond acceptors (Lipinski definition) is 4. The quantitative estimate of drug-likeness (QED) is 0.835. The zero-order chi connectivity index (χ0) is 18.6. The number of benzene rings is 1. The molecule has 4 rings (SSSR count). The standard InChI is InChI=1S/C18H21N3O4S/c1-11-3-5-12(6-4-11)16-15-14(20(2)18(23)19-16)9-21(17(15)22)13-7-8-26(24,25)10-13/h3-6,13,16H,7-10H2,1-2H3,(H,19,23)/t13-,16-/m0/s1. The SMILES string of the molecule is Cc1ccc([C@@H]2NC(=O)N(C)C3=C2C(=O)N([C@H]2CCS(=O)(=O)C2)C3)cc1. The zero-order valence-corrected chi connectivity index (χ0v) is 15.5. The number of hydrogen-bond donors (Lipinski definition) is 1. The Bertz CT molecular complexity index is 920. The minimum atomic E-state index is -3.09. The number of rotatable bonds is 2. The van der Waals surface area contributed by atoms with Crippen LogP contribution in [0.5, 0.6) is 0 Å². The Morgan fingerprint density at radius 1 is 1.15 bits per heavy atom. The molecule has 3 aliphatic heterocycles. The average molecular weight is 375 g/mol. The molecule has 1 aromatic carbocycles. The maximum absolute atomic E-state index is 13.1. The van der Waals surface area contributed by atoms with E-state index in [9.17, 15) is 18.0 Å². The Morgan fingerprint density at radius 3 is 2.46 bits per heavy atom. The second-order valence-corrected chi connectivity index (χ2v) is 9.43. The Hall–Kier alpha value is -2.35. The van der Waals surface area contributed by atoms with Crippen molar-refractivity contribution in [1.29, 1.82) is 0 Å². The van der Waals surface area contributed by atoms with Gasteiger partial charge < -0.3 is 10.2 Å². The van der Waals surface area contributed by atoms with Gasteiger partial charge in [0.2, 0.25) is 0 Å². The van der Waals surface area contributed by atoms with Crippen molar-refractivity contribution >= 4 is 21.8 Å². The molecular formula is C18H21N3O4S. The van der Waals surface area contributed by atoms with E-state index < -0.39 is 15.9 Å². The molecule has 1 N–H and O–H groups in total. The largest absolute Gasteiger partial charge is 0.329 e. The van der Waals surface area contributed by atoms with E-state index in [4.69, 9.17) is 0 Å². The molecule has 0 bridgehead atoms. The van der Waals surface area contributed by atoms with E-state index in [1.54, 1.807) is 11.9 Å². The summed E-state index contributed by atoms with van der Waals surface area (Å²) in [5, 5.41) is 2.89. The van der Waals surface area contributed by atoms with Crippen LogP contribution in [0.3, 0.4) is 0 Å². The molecule has 2 atom stereocenters. The van der Waals surface area contributed by atoms with Crippen molar-refractivity contribution in [3.05, 3.63) is 46.7 Å². The number of urea groups is 1. The summed E-state index contributed by atoms with van der Waals surface area (Å²) in [4.78, 5) is 28.6. The number of sulfone groups is 1. The van der Waals surface area contributed by atoms with Crippen molar-refractivity contribution in [2.75, 3.05) is 25.1 Å². The molecule has 0 aliphatic carbocycles. The topological polar surface area (TPSA) is 86.8 Å². The highest BCUT2D eigenvalue weighted by molar-refractivity contribution is 7.91. The molecular weight excluding hydrogens is 354 g/mol. The average Bonchev–Trinajstić information content (AvgIpc) is 3.12. The molecule has 3 aliphatic rings. The van der Waals surface area contributed by atoms with Crippen molar-refractivity contribution in [2.24, 2.45) is 0 Å². The first-order valence-corrected chi connectivity index (χ1v) is 10.4. The van der Waals surface area contributed by atoms with E-state index in [2.05, 4.69) is 5.32 Å². The van der Waals surface area contributed by atoms with Crippen molar-refractivity contribution in [1.82, 2.24) is 15.1 Å². The van der Waals surface area contributed by atoms with Gasteiger partial charge in [-0.05, 0) is 18.9 Å². The molecule has 1 fully saturated rings. The molecule has 3 heterocycles. The number of nitrogens with one attached hydrogen (secondary N) is 1. The predicted molar refractivity (Wildman–Crippen MR) is 96.0 cm³/mol. The maximum atomic E-state index is 13.1. The summed E-state index contributed by atoms with van der Waals surface area (Å²) in [5.41, 5.74) is 3.14. The van der Waals surface area contributed by atoms with Crippen LogP contribution in [0.2, 0.25) is 0 Å². The summed E-state index contributed by atoms with van der Waals surface area (Å²) in [5.74, 6) is -0.0698. The molecule has 3 amide bonds. The smallest absolute Gasteiger partial charge is 0.322 e. The van der Waals surface area contributed by atoms with Crippen LogP contribution < -0.4 is 5.32 Å². The summed E-state index contributed by atoms with van der Waals surface area (Å²) in [7, 11) is -1.46. The van der Waals surface area contributed by atoms with E-state index >= 15 is 0 Å². The fourth-order valence-corrected chi connectivity index (χ4v) is 5.64. The van der Waals surface area contributed by atoms with E-state index in [0.717, 1.165) is 11.1 Å². The van der Waals surface area contributed by atoms with Gasteiger partial charge in [0, 0.05) is 13.1 Å². The number of likely N-dealkylation sites (N-methyl/N-ethyl adjacent to an activating group) is 1. The molecule has 0 aromatic heterocycles. The second-order valence-electron chi connectivity index (χ2n) is 7.20. The first kappa shape index (κ1) is 17.1. The molecule has 1 aromatic rings. The van der Waals surface area contributed by atoms with Crippen LogP contribution in [0.15, 0.2) is 35.5 Å². The summed E-state index contributed by atoms with van der Waals surface area (Å²) in [6, 6.07) is 6.62. The molecule has 0 spiro atoms. The fourth-order valence-electron chi connectivity index (χ4n) is 3.91. The first-order chi connectivity index (χ1) is 12.3. The van der Waals surface area contributed by atoms with Crippen LogP contribution in [-0.4, -0.2) is 61.3 Å². The minimum Gasteiger partial charge on any atom is -0.329 e. The highest BCUT2D eigenvalue weighted by atomic mass is 32.2. The third-order valence-corrected chi connectivity index (χ3v) is 7.20. The number of carbonyl (C=O) groups excluding carboxylic acids is 2. The van der Waals surface area contributed by atoms with E-state index in [0.29, 0.717) is 17.7 Å². The van der Waals surface area contributed by atoms with E-state index in [-0.39, 0.29) is 36.0 Å². The molecule has 7 nitrogen and oxygen atoms in total. The van der Waals surface area contributed by atoms with Crippen molar-refractivity contribution in [3.8, 4) is 0 Å². The summed E-state index contributed by atoms with van der Waals surface area (Å²) >= 11 is 0. The second kappa shape index (κ2) is 5.84. The molecule has 138 valence electrons. The first-order valence-electron chi connectivity index (χ1n) is 8.62. The summed E-state index contributed by atoms with van der Waals surface area (Å²) in [6.07, 6.45) is 0.453. The van der Waals surface area contributed by atoms with Crippen molar-refractivity contribution in [3.63, 3.8) is 0 Å². The highest BCUT2D eigenvalue weighted by Crippen LogP contribution is 2.37. The molecule has 1 saturated heterocycles. The van der Waals surface area contributed by atoms with Crippen molar-refractivity contribution < 1.29 is 18.0 Å². The zero-order valence-electron chi connectivity index (χ0n) is 14.7. The van der Waals surface area contributed by atoms with Gasteiger partial charge in [-0.15, -0.1) is 0 Å². The van der Waals surface area contributed by atoms with Crippen LogP contribution in [0, 0.1) is 6.92 Å².